The minimum absolute atomic E-state index is 0. The molecular formula is C19H19B5NaO9. The predicted molar refractivity (Wildman–Crippen MR) is 121 cm³/mol. The molecule has 0 unspecified atom stereocenters. The number of carboxylic acid groups (broad SMARTS) is 1. The fraction of sp³-hybridized carbons (Fsp3) is 0.158. The van der Waals surface area contributed by atoms with E-state index in [1.54, 1.807) is 30.3 Å². The van der Waals surface area contributed by atoms with Crippen molar-refractivity contribution in [3.63, 3.8) is 0 Å². The molecule has 0 bridgehead atoms. The number of carbonyl (C=O) groups excluding carboxylic acids is 5. The minimum atomic E-state index is -0.872. The number of benzene rings is 2. The van der Waals surface area contributed by atoms with Crippen molar-refractivity contribution in [1.29, 1.82) is 0 Å². The molecule has 0 aliphatic heterocycles. The summed E-state index contributed by atoms with van der Waals surface area (Å²) in [6.07, 6.45) is 0.500. The molecule has 0 fully saturated rings. The second kappa shape index (κ2) is 35.0. The molecule has 34 heavy (non-hydrogen) atoms. The number of carboxylic acids is 1. The second-order valence-electron chi connectivity index (χ2n) is 4.89. The number of carbonyl (C=O) groups is 2. The number of esters is 1. The third-order valence-corrected chi connectivity index (χ3v) is 2.70. The van der Waals surface area contributed by atoms with Gasteiger partial charge in [0.1, 0.15) is 0 Å². The SMILES string of the molecule is COC(=O)c1cccc(C)c1.Cc1cccc(C(=O)O)c1.O=C=O.O=C=O.[B][B].[B][B][B].[Na+].[OH-]. The van der Waals surface area contributed by atoms with E-state index in [1.165, 1.54) is 7.11 Å². The van der Waals surface area contributed by atoms with Gasteiger partial charge in [-0.05, 0) is 38.1 Å². The van der Waals surface area contributed by atoms with E-state index in [0.717, 1.165) is 18.2 Å². The van der Waals surface area contributed by atoms with Gasteiger partial charge in [-0.1, -0.05) is 35.4 Å². The standard InChI is InChI=1S/C9H10O2.C8H8O2.2CO2.B3.B2.Na.H2O/c1-7-4-3-5-8(6-7)9(10)11-2;1-6-3-2-4-7(5-6)8(9)10;2*2-1-3;1-3-2;1-2;;/h3-6H,1-2H3;2-5H,1H3,(H,9,10);;;;;;1H2/q;;;;;;+1;/p-1. The Morgan fingerprint density at radius 1 is 0.853 bits per heavy atom. The van der Waals surface area contributed by atoms with Crippen molar-refractivity contribution >= 4 is 62.3 Å². The van der Waals surface area contributed by atoms with Gasteiger partial charge in [0.25, 0.3) is 0 Å². The topological polar surface area (TPSA) is 162 Å². The van der Waals surface area contributed by atoms with Gasteiger partial charge in [-0.15, -0.1) is 0 Å². The largest absolute Gasteiger partial charge is 1.00 e. The van der Waals surface area contributed by atoms with Crippen LogP contribution in [0.5, 0.6) is 0 Å². The Bertz CT molecular complexity index is 830. The third-order valence-electron chi connectivity index (χ3n) is 2.70. The van der Waals surface area contributed by atoms with Crippen LogP contribution in [0, 0.1) is 13.8 Å². The van der Waals surface area contributed by atoms with E-state index in [0.29, 0.717) is 11.1 Å². The monoisotopic (exact) mass is 469 g/mol. The summed E-state index contributed by atoms with van der Waals surface area (Å²) in [7, 11) is 19.4. The summed E-state index contributed by atoms with van der Waals surface area (Å²) >= 11 is 0. The van der Waals surface area contributed by atoms with Gasteiger partial charge >= 0.3 is 53.8 Å². The molecule has 0 spiro atoms. The van der Waals surface area contributed by atoms with Gasteiger partial charge in [-0.3, -0.25) is 0 Å². The molecule has 2 rings (SSSR count). The van der Waals surface area contributed by atoms with Gasteiger partial charge in [-0.25, -0.2) is 9.59 Å². The van der Waals surface area contributed by atoms with Crippen LogP contribution in [-0.4, -0.2) is 79.9 Å². The van der Waals surface area contributed by atoms with Crippen molar-refractivity contribution in [1.82, 2.24) is 0 Å². The summed E-state index contributed by atoms with van der Waals surface area (Å²) < 4.78 is 4.55. The minimum Gasteiger partial charge on any atom is -0.870 e. The van der Waals surface area contributed by atoms with E-state index in [9.17, 15) is 9.59 Å². The molecule has 0 heterocycles. The van der Waals surface area contributed by atoms with E-state index < -0.39 is 5.97 Å². The van der Waals surface area contributed by atoms with Crippen LogP contribution in [-0.2, 0) is 23.9 Å². The number of hydrogen-bond acceptors (Lipinski definition) is 8. The molecule has 2 aromatic carbocycles. The number of methoxy groups -OCH3 is 1. The predicted octanol–water partition coefficient (Wildman–Crippen LogP) is -2.77. The van der Waals surface area contributed by atoms with Crippen LogP contribution in [0.2, 0.25) is 0 Å². The molecule has 0 aliphatic carbocycles. The van der Waals surface area contributed by atoms with Crippen molar-refractivity contribution in [3.05, 3.63) is 70.8 Å². The van der Waals surface area contributed by atoms with E-state index in [4.69, 9.17) is 24.3 Å². The Labute approximate surface area is 226 Å². The fourth-order valence-electron chi connectivity index (χ4n) is 1.67. The maximum atomic E-state index is 10.9. The summed E-state index contributed by atoms with van der Waals surface area (Å²) in [4.78, 5) is 53.8. The first-order valence-corrected chi connectivity index (χ1v) is 8.20. The number of aromatic carboxylic acids is 1. The van der Waals surface area contributed by atoms with Crippen LogP contribution < -0.4 is 29.6 Å². The Balaban J connectivity index is -0.0000000784. The average Bonchev–Trinajstić information content (AvgIpc) is 2.77. The molecule has 2 N–H and O–H groups in total. The molecule has 0 atom stereocenters. The van der Waals surface area contributed by atoms with Gasteiger partial charge in [-0.2, -0.15) is 19.2 Å². The molecular weight excluding hydrogens is 449 g/mol. The zero-order valence-corrected chi connectivity index (χ0v) is 21.3. The van der Waals surface area contributed by atoms with Crippen molar-refractivity contribution < 1.29 is 73.6 Å². The third kappa shape index (κ3) is 31.6. The number of hydrogen-bond donors (Lipinski definition) is 1. The van der Waals surface area contributed by atoms with Crippen molar-refractivity contribution in [2.24, 2.45) is 0 Å². The molecule has 0 aromatic heterocycles. The van der Waals surface area contributed by atoms with Crippen LogP contribution in [0.15, 0.2) is 48.5 Å². The van der Waals surface area contributed by atoms with Gasteiger partial charge in [0, 0.05) is 38.0 Å². The van der Waals surface area contributed by atoms with Crippen LogP contribution in [0.1, 0.15) is 31.8 Å². The Morgan fingerprint density at radius 3 is 1.38 bits per heavy atom. The van der Waals surface area contributed by atoms with E-state index in [1.807, 2.05) is 32.0 Å². The smallest absolute Gasteiger partial charge is 0.870 e. The second-order valence-corrected chi connectivity index (χ2v) is 4.89. The number of rotatable bonds is 2. The van der Waals surface area contributed by atoms with Gasteiger partial charge in [0.05, 0.1) is 18.2 Å². The van der Waals surface area contributed by atoms with Crippen LogP contribution in [0.25, 0.3) is 0 Å². The zero-order valence-electron chi connectivity index (χ0n) is 19.3. The van der Waals surface area contributed by atoms with Crippen molar-refractivity contribution in [2.45, 2.75) is 13.8 Å². The molecule has 165 valence electrons. The van der Waals surface area contributed by atoms with E-state index in [-0.39, 0.29) is 53.3 Å². The first-order chi connectivity index (χ1) is 15.2. The summed E-state index contributed by atoms with van der Waals surface area (Å²) in [6.45, 7) is 3.80. The summed E-state index contributed by atoms with van der Waals surface area (Å²) in [5.74, 6) is -1.16. The molecule has 0 amide bonds. The zero-order chi connectivity index (χ0) is 25.9. The molecule has 9 radical (unpaired) electrons. The maximum absolute atomic E-state index is 10.9. The van der Waals surface area contributed by atoms with Crippen molar-refractivity contribution in [3.8, 4) is 0 Å². The maximum Gasteiger partial charge on any atom is 1.00 e. The molecule has 0 saturated carbocycles. The van der Waals surface area contributed by atoms with E-state index in [2.05, 4.69) is 35.7 Å². The van der Waals surface area contributed by atoms with Gasteiger partial charge in [0.15, 0.2) is 0 Å². The van der Waals surface area contributed by atoms with Crippen LogP contribution in [0.3, 0.4) is 0 Å². The van der Waals surface area contributed by atoms with E-state index >= 15 is 0 Å². The van der Waals surface area contributed by atoms with Crippen LogP contribution >= 0.6 is 0 Å². The molecule has 15 heteroatoms. The van der Waals surface area contributed by atoms with Gasteiger partial charge in [0.2, 0.25) is 0 Å². The first kappa shape index (κ1) is 45.0. The molecule has 2 aromatic rings. The number of ether oxygens (including phenoxy) is 1. The number of aryl methyl sites for hydroxylation is 2. The van der Waals surface area contributed by atoms with Gasteiger partial charge < -0.3 is 15.3 Å². The molecule has 9 nitrogen and oxygen atoms in total. The summed E-state index contributed by atoms with van der Waals surface area (Å²) in [5, 5.41) is 8.51. The summed E-state index contributed by atoms with van der Waals surface area (Å²) in [6, 6.07) is 14.1. The molecule has 0 saturated heterocycles. The van der Waals surface area contributed by atoms with Crippen LogP contribution in [0.4, 0.5) is 0 Å². The van der Waals surface area contributed by atoms with Crippen molar-refractivity contribution in [2.75, 3.05) is 7.11 Å². The Kier molecular flexibility index (Phi) is 46.4. The molecule has 0 aliphatic rings. The first-order valence-electron chi connectivity index (χ1n) is 8.20. The summed E-state index contributed by atoms with van der Waals surface area (Å²) in [5.41, 5.74) is 2.99. The quantitative estimate of drug-likeness (QED) is 0.363. The fourth-order valence-corrected chi connectivity index (χ4v) is 1.67. The normalized spacial score (nSPS) is 6.68. The average molecular weight is 468 g/mol. The Morgan fingerprint density at radius 2 is 1.15 bits per heavy atom. The Hall–Kier alpha value is -2.58.